The molecule has 2 rings (SSSR count). The summed E-state index contributed by atoms with van der Waals surface area (Å²) in [6, 6.07) is 14.7. The highest BCUT2D eigenvalue weighted by atomic mass is 79.9. The SMILES string of the molecule is BrCC(c1cc(Br)[c]c(Br)c1)c1cc(Br)[c]c(Br)c1. The van der Waals surface area contributed by atoms with Crippen LogP contribution in [0.1, 0.15) is 17.0 Å². The van der Waals surface area contributed by atoms with Crippen LogP contribution in [0.5, 0.6) is 0 Å². The molecule has 0 unspecified atom stereocenters. The molecule has 0 nitrogen and oxygen atoms in total. The van der Waals surface area contributed by atoms with Gasteiger partial charge in [-0.3, -0.25) is 0 Å². The zero-order valence-electron chi connectivity index (χ0n) is 9.48. The predicted molar refractivity (Wildman–Crippen MR) is 97.0 cm³/mol. The van der Waals surface area contributed by atoms with Gasteiger partial charge in [0.2, 0.25) is 0 Å². The van der Waals surface area contributed by atoms with Gasteiger partial charge in [-0.05, 0) is 35.4 Å². The summed E-state index contributed by atoms with van der Waals surface area (Å²) in [6.45, 7) is 0. The van der Waals surface area contributed by atoms with Crippen LogP contribution in [0.3, 0.4) is 0 Å². The minimum Gasteiger partial charge on any atom is -0.0918 e. The Morgan fingerprint density at radius 2 is 1.05 bits per heavy atom. The minimum atomic E-state index is 0.268. The maximum atomic E-state index is 3.61. The molecule has 0 aliphatic heterocycles. The maximum Gasteiger partial charge on any atom is 0.0268 e. The van der Waals surface area contributed by atoms with E-state index in [0.717, 1.165) is 23.2 Å². The van der Waals surface area contributed by atoms with Crippen LogP contribution in [0.2, 0.25) is 0 Å². The van der Waals surface area contributed by atoms with Gasteiger partial charge < -0.3 is 0 Å². The fraction of sp³-hybridized carbons (Fsp3) is 0.143. The summed E-state index contributed by atoms with van der Waals surface area (Å²) >= 11 is 17.6. The van der Waals surface area contributed by atoms with E-state index in [0.29, 0.717) is 0 Å². The van der Waals surface area contributed by atoms with Crippen molar-refractivity contribution in [3.8, 4) is 0 Å². The van der Waals surface area contributed by atoms with Gasteiger partial charge in [0.25, 0.3) is 0 Å². The molecule has 98 valence electrons. The fourth-order valence-corrected chi connectivity index (χ4v) is 5.01. The molecule has 0 atom stereocenters. The molecule has 0 aliphatic rings. The van der Waals surface area contributed by atoms with Gasteiger partial charge in [-0.15, -0.1) is 0 Å². The molecular weight excluding hydrogens is 568 g/mol. The van der Waals surface area contributed by atoms with Gasteiger partial charge in [0, 0.05) is 41.3 Å². The summed E-state index contributed by atoms with van der Waals surface area (Å²) in [4.78, 5) is 0. The molecular formula is C14H7Br5. The quantitative estimate of drug-likeness (QED) is 0.351. The molecule has 0 N–H and O–H groups in total. The van der Waals surface area contributed by atoms with Gasteiger partial charge in [-0.25, -0.2) is 0 Å². The van der Waals surface area contributed by atoms with Crippen molar-refractivity contribution in [3.63, 3.8) is 0 Å². The van der Waals surface area contributed by atoms with Crippen LogP contribution < -0.4 is 0 Å². The first-order valence-electron chi connectivity index (χ1n) is 5.32. The van der Waals surface area contributed by atoms with Crippen LogP contribution in [0.25, 0.3) is 0 Å². The Hall–Kier alpha value is 0.840. The maximum absolute atomic E-state index is 3.61. The largest absolute Gasteiger partial charge is 0.0918 e. The van der Waals surface area contributed by atoms with Crippen molar-refractivity contribution < 1.29 is 0 Å². The number of hydrogen-bond donors (Lipinski definition) is 0. The van der Waals surface area contributed by atoms with Crippen LogP contribution in [0.4, 0.5) is 0 Å². The highest BCUT2D eigenvalue weighted by molar-refractivity contribution is 9.11. The molecule has 0 aromatic heterocycles. The third-order valence-electron chi connectivity index (χ3n) is 2.61. The lowest BCUT2D eigenvalue weighted by molar-refractivity contribution is 0.938. The smallest absolute Gasteiger partial charge is 0.0268 e. The van der Waals surface area contributed by atoms with Gasteiger partial charge in [-0.2, -0.15) is 0 Å². The number of alkyl halides is 1. The molecule has 0 saturated heterocycles. The van der Waals surface area contributed by atoms with E-state index in [1.807, 2.05) is 0 Å². The van der Waals surface area contributed by atoms with Crippen molar-refractivity contribution in [2.45, 2.75) is 5.92 Å². The lowest BCUT2D eigenvalue weighted by atomic mass is 9.93. The first-order chi connectivity index (χ1) is 8.99. The van der Waals surface area contributed by atoms with E-state index >= 15 is 0 Å². The summed E-state index contributed by atoms with van der Waals surface area (Å²) in [5.74, 6) is 0.268. The molecule has 2 aromatic carbocycles. The van der Waals surface area contributed by atoms with E-state index in [1.54, 1.807) is 0 Å². The number of benzene rings is 2. The topological polar surface area (TPSA) is 0 Å². The number of halogens is 5. The Morgan fingerprint density at radius 3 is 1.32 bits per heavy atom. The van der Waals surface area contributed by atoms with Gasteiger partial charge >= 0.3 is 0 Å². The molecule has 2 aromatic rings. The van der Waals surface area contributed by atoms with Crippen LogP contribution in [-0.4, -0.2) is 5.33 Å². The third-order valence-corrected chi connectivity index (χ3v) is 4.97. The zero-order valence-corrected chi connectivity index (χ0v) is 17.4. The molecule has 0 bridgehead atoms. The van der Waals surface area contributed by atoms with E-state index in [2.05, 4.69) is 116 Å². The Morgan fingerprint density at radius 1 is 0.737 bits per heavy atom. The van der Waals surface area contributed by atoms with Crippen LogP contribution in [0, 0.1) is 12.1 Å². The number of hydrogen-bond acceptors (Lipinski definition) is 0. The molecule has 19 heavy (non-hydrogen) atoms. The van der Waals surface area contributed by atoms with Crippen molar-refractivity contribution in [1.29, 1.82) is 0 Å². The highest BCUT2D eigenvalue weighted by Gasteiger charge is 2.15. The lowest BCUT2D eigenvalue weighted by Gasteiger charge is -2.16. The van der Waals surface area contributed by atoms with Crippen molar-refractivity contribution in [3.05, 3.63) is 65.4 Å². The van der Waals surface area contributed by atoms with Crippen molar-refractivity contribution in [2.75, 3.05) is 5.33 Å². The second-order valence-corrected chi connectivity index (χ2v) is 7.99. The van der Waals surface area contributed by atoms with E-state index in [1.165, 1.54) is 11.1 Å². The third kappa shape index (κ3) is 4.40. The molecule has 0 fully saturated rings. The molecule has 0 amide bonds. The van der Waals surface area contributed by atoms with Crippen molar-refractivity contribution in [2.24, 2.45) is 0 Å². The average molecular weight is 575 g/mol. The van der Waals surface area contributed by atoms with E-state index < -0.39 is 0 Å². The van der Waals surface area contributed by atoms with E-state index in [4.69, 9.17) is 0 Å². The molecule has 0 saturated carbocycles. The minimum absolute atomic E-state index is 0.268. The van der Waals surface area contributed by atoms with Crippen molar-refractivity contribution in [1.82, 2.24) is 0 Å². The predicted octanol–water partition coefficient (Wildman–Crippen LogP) is 6.86. The molecule has 2 radical (unpaired) electrons. The summed E-state index contributed by atoms with van der Waals surface area (Å²) in [7, 11) is 0. The summed E-state index contributed by atoms with van der Waals surface area (Å²) in [5, 5.41) is 0.846. The Labute approximate surface area is 155 Å². The molecule has 0 heterocycles. The zero-order chi connectivity index (χ0) is 14.0. The summed E-state index contributed by atoms with van der Waals surface area (Å²) in [6.07, 6.45) is 0. The molecule has 5 heteroatoms. The summed E-state index contributed by atoms with van der Waals surface area (Å²) < 4.78 is 3.79. The first-order valence-corrected chi connectivity index (χ1v) is 9.61. The van der Waals surface area contributed by atoms with Gasteiger partial charge in [-0.1, -0.05) is 79.6 Å². The highest BCUT2D eigenvalue weighted by Crippen LogP contribution is 2.33. The number of rotatable bonds is 3. The van der Waals surface area contributed by atoms with E-state index in [9.17, 15) is 0 Å². The monoisotopic (exact) mass is 570 g/mol. The van der Waals surface area contributed by atoms with Crippen LogP contribution in [0.15, 0.2) is 42.2 Å². The van der Waals surface area contributed by atoms with Gasteiger partial charge in [0.05, 0.1) is 0 Å². The van der Waals surface area contributed by atoms with Gasteiger partial charge in [0.1, 0.15) is 0 Å². The lowest BCUT2D eigenvalue weighted by Crippen LogP contribution is -2.03. The average Bonchev–Trinajstić information content (AvgIpc) is 2.27. The fourth-order valence-electron chi connectivity index (χ4n) is 1.81. The first kappa shape index (κ1) is 16.2. The Bertz CT molecular complexity index is 502. The van der Waals surface area contributed by atoms with Crippen molar-refractivity contribution >= 4 is 79.6 Å². The van der Waals surface area contributed by atoms with Crippen LogP contribution >= 0.6 is 79.6 Å². The second-order valence-electron chi connectivity index (χ2n) is 3.93. The second kappa shape index (κ2) is 7.21. The Kier molecular flexibility index (Phi) is 6.15. The molecule has 0 spiro atoms. The Balaban J connectivity index is 2.49. The van der Waals surface area contributed by atoms with Gasteiger partial charge in [0.15, 0.2) is 0 Å². The standard InChI is InChI=1S/C14H7Br5/c15-7-14(8-1-10(16)5-11(17)2-8)9-3-12(18)6-13(19)4-9/h1-4,14H,7H2. The summed E-state index contributed by atoms with van der Waals surface area (Å²) in [5.41, 5.74) is 2.44. The van der Waals surface area contributed by atoms with E-state index in [-0.39, 0.29) is 5.92 Å². The molecule has 0 aliphatic carbocycles. The normalized spacial score (nSPS) is 11.1. The van der Waals surface area contributed by atoms with Crippen LogP contribution in [-0.2, 0) is 0 Å².